The summed E-state index contributed by atoms with van der Waals surface area (Å²) in [6.07, 6.45) is 3.28. The molecule has 1 aromatic carbocycles. The van der Waals surface area contributed by atoms with Crippen LogP contribution < -0.4 is 10.6 Å². The fourth-order valence-corrected chi connectivity index (χ4v) is 2.89. The molecule has 2 N–H and O–H groups in total. The van der Waals surface area contributed by atoms with Gasteiger partial charge in [-0.1, -0.05) is 11.6 Å². The third-order valence-corrected chi connectivity index (χ3v) is 4.07. The minimum atomic E-state index is 0.590. The molecule has 4 aromatic rings. The van der Waals surface area contributed by atoms with Gasteiger partial charge in [-0.05, 0) is 31.2 Å². The van der Waals surface area contributed by atoms with Gasteiger partial charge in [0, 0.05) is 47.1 Å². The van der Waals surface area contributed by atoms with E-state index in [1.807, 2.05) is 37.3 Å². The van der Waals surface area contributed by atoms with Gasteiger partial charge in [-0.2, -0.15) is 14.6 Å². The normalized spacial score (nSPS) is 11.1. The molecule has 3 aromatic heterocycles. The average molecular weight is 354 g/mol. The van der Waals surface area contributed by atoms with Gasteiger partial charge in [0.25, 0.3) is 5.78 Å². The van der Waals surface area contributed by atoms with Crippen molar-refractivity contribution in [2.45, 2.75) is 6.92 Å². The maximum atomic E-state index is 6.03. The zero-order valence-electron chi connectivity index (χ0n) is 13.6. The molecule has 126 valence electrons. The van der Waals surface area contributed by atoms with Crippen molar-refractivity contribution in [3.63, 3.8) is 0 Å². The van der Waals surface area contributed by atoms with Crippen molar-refractivity contribution < 1.29 is 0 Å². The molecule has 0 amide bonds. The predicted octanol–water partition coefficient (Wildman–Crippen LogP) is 3.16. The number of nitrogens with one attached hydrogen (secondary N) is 2. The van der Waals surface area contributed by atoms with Gasteiger partial charge in [-0.15, -0.1) is 0 Å². The van der Waals surface area contributed by atoms with E-state index < -0.39 is 0 Å². The SMILES string of the molecule is Cc1cc(NCCNc2ccnc3cc(Cl)ccc23)n2ncnc2n1. The van der Waals surface area contributed by atoms with Crippen LogP contribution >= 0.6 is 11.6 Å². The van der Waals surface area contributed by atoms with Crippen LogP contribution in [0.4, 0.5) is 11.5 Å². The predicted molar refractivity (Wildman–Crippen MR) is 99.3 cm³/mol. The Labute approximate surface area is 149 Å². The van der Waals surface area contributed by atoms with Crippen LogP contribution in [0, 0.1) is 6.92 Å². The first-order valence-electron chi connectivity index (χ1n) is 7.90. The van der Waals surface area contributed by atoms with Gasteiger partial charge in [0.2, 0.25) is 0 Å². The summed E-state index contributed by atoms with van der Waals surface area (Å²) in [6.45, 7) is 3.39. The van der Waals surface area contributed by atoms with E-state index >= 15 is 0 Å². The highest BCUT2D eigenvalue weighted by Crippen LogP contribution is 2.24. The Hall–Kier alpha value is -2.93. The Morgan fingerprint density at radius 2 is 1.96 bits per heavy atom. The van der Waals surface area contributed by atoms with Crippen LogP contribution in [0.1, 0.15) is 5.69 Å². The summed E-state index contributed by atoms with van der Waals surface area (Å²) in [7, 11) is 0. The van der Waals surface area contributed by atoms with Crippen molar-refractivity contribution in [2.75, 3.05) is 23.7 Å². The maximum Gasteiger partial charge on any atom is 0.254 e. The second-order valence-electron chi connectivity index (χ2n) is 5.63. The minimum Gasteiger partial charge on any atom is -0.383 e. The van der Waals surface area contributed by atoms with Crippen LogP contribution in [-0.4, -0.2) is 37.7 Å². The van der Waals surface area contributed by atoms with E-state index in [0.717, 1.165) is 41.2 Å². The lowest BCUT2D eigenvalue weighted by molar-refractivity contribution is 0.915. The average Bonchev–Trinajstić information content (AvgIpc) is 3.06. The summed E-state index contributed by atoms with van der Waals surface area (Å²) in [5, 5.41) is 12.7. The highest BCUT2D eigenvalue weighted by molar-refractivity contribution is 6.31. The van der Waals surface area contributed by atoms with Gasteiger partial charge in [-0.3, -0.25) is 4.98 Å². The van der Waals surface area contributed by atoms with Gasteiger partial charge in [0.15, 0.2) is 0 Å². The molecule has 0 aliphatic carbocycles. The Balaban J connectivity index is 1.45. The van der Waals surface area contributed by atoms with Crippen molar-refractivity contribution in [3.05, 3.63) is 53.6 Å². The second kappa shape index (κ2) is 6.52. The maximum absolute atomic E-state index is 6.03. The lowest BCUT2D eigenvalue weighted by Gasteiger charge is -2.12. The summed E-state index contributed by atoms with van der Waals surface area (Å²) in [5.41, 5.74) is 2.80. The minimum absolute atomic E-state index is 0.590. The van der Waals surface area contributed by atoms with E-state index in [1.54, 1.807) is 10.7 Å². The fraction of sp³-hybridized carbons (Fsp3) is 0.176. The number of aromatic nitrogens is 5. The molecule has 0 aliphatic rings. The van der Waals surface area contributed by atoms with Crippen LogP contribution in [0.2, 0.25) is 5.02 Å². The summed E-state index contributed by atoms with van der Waals surface area (Å²) in [5.74, 6) is 1.46. The number of anilines is 2. The van der Waals surface area contributed by atoms with E-state index in [-0.39, 0.29) is 0 Å². The number of aryl methyl sites for hydroxylation is 1. The third kappa shape index (κ3) is 3.18. The van der Waals surface area contributed by atoms with Gasteiger partial charge in [0.05, 0.1) is 5.52 Å². The molecule has 0 atom stereocenters. The molecule has 0 radical (unpaired) electrons. The first-order valence-corrected chi connectivity index (χ1v) is 8.28. The zero-order chi connectivity index (χ0) is 17.2. The highest BCUT2D eigenvalue weighted by atomic mass is 35.5. The van der Waals surface area contributed by atoms with Crippen LogP contribution in [0.15, 0.2) is 42.9 Å². The van der Waals surface area contributed by atoms with Crippen LogP contribution in [0.5, 0.6) is 0 Å². The summed E-state index contributed by atoms with van der Waals surface area (Å²) in [6, 6.07) is 9.62. The molecule has 0 fully saturated rings. The molecule has 0 saturated heterocycles. The van der Waals surface area contributed by atoms with Crippen LogP contribution in [0.25, 0.3) is 16.7 Å². The number of pyridine rings is 1. The first-order chi connectivity index (χ1) is 12.2. The number of halogens is 1. The quantitative estimate of drug-likeness (QED) is 0.536. The molecule has 25 heavy (non-hydrogen) atoms. The van der Waals surface area contributed by atoms with Gasteiger partial charge in [-0.25, -0.2) is 4.98 Å². The number of nitrogens with zero attached hydrogens (tertiary/aromatic N) is 5. The number of hydrogen-bond acceptors (Lipinski definition) is 6. The van der Waals surface area contributed by atoms with Crippen molar-refractivity contribution in [1.29, 1.82) is 0 Å². The molecule has 0 unspecified atom stereocenters. The Kier molecular flexibility index (Phi) is 4.07. The van der Waals surface area contributed by atoms with E-state index in [1.165, 1.54) is 6.33 Å². The number of benzene rings is 1. The van der Waals surface area contributed by atoms with E-state index in [0.29, 0.717) is 10.8 Å². The lowest BCUT2D eigenvalue weighted by Crippen LogP contribution is -2.16. The van der Waals surface area contributed by atoms with E-state index in [4.69, 9.17) is 11.6 Å². The molecule has 3 heterocycles. The molecule has 8 heteroatoms. The van der Waals surface area contributed by atoms with Crippen molar-refractivity contribution in [1.82, 2.24) is 24.6 Å². The second-order valence-corrected chi connectivity index (χ2v) is 6.06. The van der Waals surface area contributed by atoms with Crippen LogP contribution in [-0.2, 0) is 0 Å². The summed E-state index contributed by atoms with van der Waals surface area (Å²) < 4.78 is 1.69. The van der Waals surface area contributed by atoms with Crippen molar-refractivity contribution in [3.8, 4) is 0 Å². The standard InChI is InChI=1S/C17H16ClN7/c1-11-8-16(25-17(24-11)22-10-23-25)21-7-6-20-14-4-5-19-15-9-12(18)2-3-13(14)15/h2-5,8-10,21H,6-7H2,1H3,(H,19,20). The highest BCUT2D eigenvalue weighted by Gasteiger charge is 2.05. The van der Waals surface area contributed by atoms with Gasteiger partial charge < -0.3 is 10.6 Å². The Bertz CT molecular complexity index is 1040. The monoisotopic (exact) mass is 353 g/mol. The van der Waals surface area contributed by atoms with E-state index in [2.05, 4.69) is 30.7 Å². The topological polar surface area (TPSA) is 80.0 Å². The zero-order valence-corrected chi connectivity index (χ0v) is 14.3. The number of fused-ring (bicyclic) bond motifs is 2. The molecule has 0 bridgehead atoms. The Morgan fingerprint density at radius 3 is 2.88 bits per heavy atom. The molecule has 0 aliphatic heterocycles. The number of hydrogen-bond donors (Lipinski definition) is 2. The largest absolute Gasteiger partial charge is 0.383 e. The van der Waals surface area contributed by atoms with Gasteiger partial charge in [0.1, 0.15) is 12.1 Å². The summed E-state index contributed by atoms with van der Waals surface area (Å²) >= 11 is 6.03. The molecule has 7 nitrogen and oxygen atoms in total. The first kappa shape index (κ1) is 15.6. The molecule has 0 spiro atoms. The van der Waals surface area contributed by atoms with Crippen molar-refractivity contribution in [2.24, 2.45) is 0 Å². The molecular formula is C17H16ClN7. The van der Waals surface area contributed by atoms with Crippen molar-refractivity contribution >= 4 is 39.8 Å². The van der Waals surface area contributed by atoms with Gasteiger partial charge >= 0.3 is 0 Å². The smallest absolute Gasteiger partial charge is 0.254 e. The third-order valence-electron chi connectivity index (χ3n) is 3.83. The fourth-order valence-electron chi connectivity index (χ4n) is 2.72. The van der Waals surface area contributed by atoms with E-state index in [9.17, 15) is 0 Å². The summed E-state index contributed by atoms with van der Waals surface area (Å²) in [4.78, 5) is 12.8. The number of rotatable bonds is 5. The Morgan fingerprint density at radius 1 is 1.08 bits per heavy atom. The molecule has 4 rings (SSSR count). The molecular weight excluding hydrogens is 338 g/mol. The molecule has 0 saturated carbocycles. The lowest BCUT2D eigenvalue weighted by atomic mass is 10.2. The van der Waals surface area contributed by atoms with Crippen LogP contribution in [0.3, 0.4) is 0 Å².